The summed E-state index contributed by atoms with van der Waals surface area (Å²) < 4.78 is 22.4. The van der Waals surface area contributed by atoms with Gasteiger partial charge in [-0.2, -0.15) is 8.78 Å². The summed E-state index contributed by atoms with van der Waals surface area (Å²) >= 11 is 0. The van der Waals surface area contributed by atoms with Crippen molar-refractivity contribution in [1.82, 2.24) is 0 Å². The van der Waals surface area contributed by atoms with Crippen molar-refractivity contribution in [3.8, 4) is 0 Å². The second-order valence-electron chi connectivity index (χ2n) is 1.16. The van der Waals surface area contributed by atoms with E-state index < -0.39 is 12.5 Å². The van der Waals surface area contributed by atoms with Gasteiger partial charge in [0.15, 0.2) is 0 Å². The lowest BCUT2D eigenvalue weighted by atomic mass is 10.4. The van der Waals surface area contributed by atoms with Crippen LogP contribution in [0.5, 0.6) is 0 Å². The summed E-state index contributed by atoms with van der Waals surface area (Å²) in [4.78, 5) is 0. The van der Waals surface area contributed by atoms with Crippen LogP contribution in [0.25, 0.3) is 0 Å². The Morgan fingerprint density at radius 2 is 2.14 bits per heavy atom. The minimum absolute atomic E-state index is 0.674. The smallest absolute Gasteiger partial charge is 0.336 e. The molecule has 0 aromatic rings. The average Bonchev–Trinajstić information content (AvgIpc) is 1.30. The van der Waals surface area contributed by atoms with E-state index in [1.165, 1.54) is 0 Å². The molecule has 0 rings (SSSR count). The Morgan fingerprint density at radius 1 is 1.71 bits per heavy atom. The average molecular weight is 108 g/mol. The summed E-state index contributed by atoms with van der Waals surface area (Å²) in [6, 6.07) is 0. The largest absolute Gasteiger partial charge is 0.356 e. The Bertz CT molecular complexity index is 64.6. The van der Waals surface area contributed by atoms with Crippen molar-refractivity contribution in [3.05, 3.63) is 12.7 Å². The van der Waals surface area contributed by atoms with Gasteiger partial charge in [0.25, 0.3) is 0 Å². The summed E-state index contributed by atoms with van der Waals surface area (Å²) in [6.07, 6.45) is -3.28. The number of halogens is 2. The molecule has 0 unspecified atom stereocenters. The predicted octanol–water partition coefficient (Wildman–Crippen LogP) is 1.15. The molecule has 0 aliphatic heterocycles. The van der Waals surface area contributed by atoms with E-state index in [4.69, 9.17) is 5.11 Å². The minimum Gasteiger partial charge on any atom is -0.336 e. The van der Waals surface area contributed by atoms with Crippen molar-refractivity contribution in [3.63, 3.8) is 0 Å². The van der Waals surface area contributed by atoms with Crippen LogP contribution >= 0.6 is 0 Å². The molecule has 0 bridgehead atoms. The van der Waals surface area contributed by atoms with Crippen LogP contribution in [-0.2, 0) is 0 Å². The normalized spacial score (nSPS) is 11.3. The molecule has 0 fully saturated rings. The summed E-state index contributed by atoms with van der Waals surface area (Å²) in [7, 11) is 0. The van der Waals surface area contributed by atoms with E-state index in [1.807, 2.05) is 0 Å². The topological polar surface area (TPSA) is 20.2 Å². The molecule has 0 saturated carbocycles. The number of hydrogen-bond donors (Lipinski definition) is 1. The zero-order chi connectivity index (χ0) is 5.91. The Kier molecular flexibility index (Phi) is 1.90. The lowest BCUT2D eigenvalue weighted by Crippen LogP contribution is -2.11. The summed E-state index contributed by atoms with van der Waals surface area (Å²) in [6.45, 7) is 3.01. The van der Waals surface area contributed by atoms with E-state index in [-0.39, 0.29) is 0 Å². The van der Waals surface area contributed by atoms with Crippen LogP contribution < -0.4 is 0 Å². The molecule has 0 aromatic heterocycles. The molecule has 0 aliphatic carbocycles. The highest BCUT2D eigenvalue weighted by Crippen LogP contribution is 2.12. The highest BCUT2D eigenvalue weighted by atomic mass is 19.3. The van der Waals surface area contributed by atoms with Crippen molar-refractivity contribution in [2.75, 3.05) is 0 Å². The molecular weight excluding hydrogens is 102 g/mol. The first-order valence-corrected chi connectivity index (χ1v) is 1.77. The lowest BCUT2D eigenvalue weighted by Gasteiger charge is -2.01. The van der Waals surface area contributed by atoms with Crippen LogP contribution in [0.15, 0.2) is 12.7 Å². The predicted molar refractivity (Wildman–Crippen MR) is 22.0 cm³/mol. The molecule has 0 heterocycles. The number of rotatable bonds is 2. The fraction of sp³-hybridized carbons (Fsp3) is 0.500. The Labute approximate surface area is 40.3 Å². The molecule has 0 amide bonds. The number of hydrogen-bond acceptors (Lipinski definition) is 1. The summed E-state index contributed by atoms with van der Waals surface area (Å²) in [5, 5.41) is 7.61. The van der Waals surface area contributed by atoms with Gasteiger partial charge in [0, 0.05) is 0 Å². The maximum Gasteiger partial charge on any atom is 0.356 e. The van der Waals surface area contributed by atoms with Gasteiger partial charge in [-0.05, 0) is 0 Å². The van der Waals surface area contributed by atoms with Gasteiger partial charge in [0.2, 0.25) is 0 Å². The molecule has 0 aliphatic rings. The van der Waals surface area contributed by atoms with Crippen LogP contribution in [0.2, 0.25) is 0 Å². The van der Waals surface area contributed by atoms with E-state index in [0.29, 0.717) is 0 Å². The Hall–Kier alpha value is -0.440. The van der Waals surface area contributed by atoms with E-state index in [2.05, 4.69) is 6.58 Å². The first-order chi connectivity index (χ1) is 3.06. The van der Waals surface area contributed by atoms with Crippen molar-refractivity contribution in [2.45, 2.75) is 12.5 Å². The van der Waals surface area contributed by atoms with Gasteiger partial charge in [-0.15, -0.1) is 6.58 Å². The van der Waals surface area contributed by atoms with Crippen LogP contribution in [0, 0.1) is 0 Å². The molecule has 0 aromatic carbocycles. The van der Waals surface area contributed by atoms with Crippen molar-refractivity contribution in [2.24, 2.45) is 0 Å². The van der Waals surface area contributed by atoms with Crippen LogP contribution in [0.3, 0.4) is 0 Å². The molecule has 3 heteroatoms. The standard InChI is InChI=1S/C4H6F2O/c1-2-3-4(5,6)7/h2,7H,1,3H2. The molecule has 0 saturated heterocycles. The third-order valence-electron chi connectivity index (χ3n) is 0.390. The third kappa shape index (κ3) is 5.56. The molecule has 1 N–H and O–H groups in total. The van der Waals surface area contributed by atoms with Gasteiger partial charge < -0.3 is 5.11 Å². The summed E-state index contributed by atoms with van der Waals surface area (Å²) in [5.41, 5.74) is 0. The molecular formula is C4H6F2O. The first-order valence-electron chi connectivity index (χ1n) is 1.77. The van der Waals surface area contributed by atoms with E-state index >= 15 is 0 Å². The monoisotopic (exact) mass is 108 g/mol. The Morgan fingerprint density at radius 3 is 2.14 bits per heavy atom. The van der Waals surface area contributed by atoms with Gasteiger partial charge >= 0.3 is 6.11 Å². The molecule has 0 spiro atoms. The second-order valence-corrected chi connectivity index (χ2v) is 1.16. The molecule has 42 valence electrons. The third-order valence-corrected chi connectivity index (χ3v) is 0.390. The number of aliphatic hydroxyl groups is 1. The fourth-order valence-corrected chi connectivity index (χ4v) is 0.174. The summed E-state index contributed by atoms with van der Waals surface area (Å²) in [5.74, 6) is 0. The van der Waals surface area contributed by atoms with Gasteiger partial charge in [-0.1, -0.05) is 6.08 Å². The zero-order valence-corrected chi connectivity index (χ0v) is 3.69. The van der Waals surface area contributed by atoms with Crippen LogP contribution in [0.1, 0.15) is 6.42 Å². The van der Waals surface area contributed by atoms with Crippen molar-refractivity contribution >= 4 is 0 Å². The highest BCUT2D eigenvalue weighted by Gasteiger charge is 2.20. The van der Waals surface area contributed by atoms with Gasteiger partial charge in [-0.3, -0.25) is 0 Å². The Balaban J connectivity index is 3.34. The maximum absolute atomic E-state index is 11.2. The SMILES string of the molecule is C=CCC(O)(F)F. The molecule has 1 nitrogen and oxygen atoms in total. The van der Waals surface area contributed by atoms with E-state index in [0.717, 1.165) is 6.08 Å². The van der Waals surface area contributed by atoms with Crippen LogP contribution in [0.4, 0.5) is 8.78 Å². The maximum atomic E-state index is 11.2. The van der Waals surface area contributed by atoms with Crippen molar-refractivity contribution in [1.29, 1.82) is 0 Å². The second kappa shape index (κ2) is 2.02. The molecule has 0 atom stereocenters. The zero-order valence-electron chi connectivity index (χ0n) is 3.69. The van der Waals surface area contributed by atoms with Crippen molar-refractivity contribution < 1.29 is 13.9 Å². The minimum atomic E-state index is -3.57. The fourth-order valence-electron chi connectivity index (χ4n) is 0.174. The van der Waals surface area contributed by atoms with Gasteiger partial charge in [-0.25, -0.2) is 0 Å². The van der Waals surface area contributed by atoms with E-state index in [1.54, 1.807) is 0 Å². The molecule has 7 heavy (non-hydrogen) atoms. The first kappa shape index (κ1) is 6.56. The van der Waals surface area contributed by atoms with E-state index in [9.17, 15) is 8.78 Å². The van der Waals surface area contributed by atoms with Gasteiger partial charge in [0.1, 0.15) is 0 Å². The lowest BCUT2D eigenvalue weighted by molar-refractivity contribution is -0.194. The quantitative estimate of drug-likeness (QED) is 0.526. The van der Waals surface area contributed by atoms with Gasteiger partial charge in [0.05, 0.1) is 6.42 Å². The van der Waals surface area contributed by atoms with Crippen LogP contribution in [-0.4, -0.2) is 11.2 Å². The molecule has 0 radical (unpaired) electrons. The number of alkyl halides is 2. The highest BCUT2D eigenvalue weighted by molar-refractivity contribution is 4.70.